The fourth-order valence-corrected chi connectivity index (χ4v) is 9.26. The van der Waals surface area contributed by atoms with E-state index in [-0.39, 0.29) is 16.1 Å². The van der Waals surface area contributed by atoms with Crippen LogP contribution in [0.5, 0.6) is 0 Å². The average molecular weight is 422 g/mol. The van der Waals surface area contributed by atoms with Crippen LogP contribution in [0, 0.1) is 11.8 Å². The number of rotatable bonds is 5. The number of hydrogen-bond donors (Lipinski definition) is 0. The molecule has 4 heteroatoms. The normalized spacial score (nSPS) is 23.6. The molecule has 3 aromatic carbocycles. The maximum atomic E-state index is 13.2. The molecule has 0 spiro atoms. The zero-order valence-corrected chi connectivity index (χ0v) is 17.9. The van der Waals surface area contributed by atoms with Crippen LogP contribution in [0.4, 0.5) is 0 Å². The van der Waals surface area contributed by atoms with Gasteiger partial charge in [-0.15, -0.1) is 0 Å². The Labute approximate surface area is 176 Å². The van der Waals surface area contributed by atoms with Crippen molar-refractivity contribution in [2.75, 3.05) is 0 Å². The SMILES string of the molecule is O=S(=O)(c1ccc([S+](c2ccccc2)c2ccccc2)cc1)C1CC2CCC1C2. The van der Waals surface area contributed by atoms with Gasteiger partial charge in [0.1, 0.15) is 0 Å². The van der Waals surface area contributed by atoms with Crippen molar-refractivity contribution in [2.45, 2.75) is 50.5 Å². The molecule has 0 aliphatic heterocycles. The lowest BCUT2D eigenvalue weighted by Gasteiger charge is -2.21. The average Bonchev–Trinajstić information content (AvgIpc) is 3.40. The summed E-state index contributed by atoms with van der Waals surface area (Å²) in [6.07, 6.45) is 4.26. The molecule has 0 heterocycles. The maximum Gasteiger partial charge on any atom is 0.181 e. The highest BCUT2D eigenvalue weighted by Gasteiger charge is 2.46. The van der Waals surface area contributed by atoms with Gasteiger partial charge in [-0.3, -0.25) is 0 Å². The van der Waals surface area contributed by atoms with Gasteiger partial charge in [-0.05, 0) is 79.6 Å². The van der Waals surface area contributed by atoms with Crippen molar-refractivity contribution < 1.29 is 8.42 Å². The number of sulfone groups is 1. The zero-order valence-electron chi connectivity index (χ0n) is 16.3. The second kappa shape index (κ2) is 7.66. The van der Waals surface area contributed by atoms with E-state index < -0.39 is 9.84 Å². The second-order valence-electron chi connectivity index (χ2n) is 8.16. The van der Waals surface area contributed by atoms with Gasteiger partial charge in [0.15, 0.2) is 24.5 Å². The molecular weight excluding hydrogens is 396 g/mol. The molecule has 2 aliphatic rings. The Hall–Kier alpha value is -2.04. The van der Waals surface area contributed by atoms with Crippen LogP contribution in [0.2, 0.25) is 0 Å². The number of hydrogen-bond acceptors (Lipinski definition) is 2. The van der Waals surface area contributed by atoms with Crippen LogP contribution in [-0.2, 0) is 20.7 Å². The Morgan fingerprint density at radius 3 is 1.69 bits per heavy atom. The molecule has 3 atom stereocenters. The van der Waals surface area contributed by atoms with Crippen LogP contribution in [0.25, 0.3) is 0 Å². The van der Waals surface area contributed by atoms with Crippen LogP contribution < -0.4 is 0 Å². The third-order valence-corrected chi connectivity index (χ3v) is 11.0. The van der Waals surface area contributed by atoms with Crippen LogP contribution in [0.3, 0.4) is 0 Å². The predicted molar refractivity (Wildman–Crippen MR) is 118 cm³/mol. The Morgan fingerprint density at radius 2 is 1.21 bits per heavy atom. The Kier molecular flexibility index (Phi) is 5.00. The molecule has 3 unspecified atom stereocenters. The summed E-state index contributed by atoms with van der Waals surface area (Å²) < 4.78 is 26.5. The minimum atomic E-state index is -3.24. The van der Waals surface area contributed by atoms with E-state index in [1.165, 1.54) is 16.2 Å². The van der Waals surface area contributed by atoms with Crippen LogP contribution >= 0.6 is 0 Å². The third kappa shape index (κ3) is 3.53. The van der Waals surface area contributed by atoms with E-state index in [4.69, 9.17) is 0 Å². The predicted octanol–water partition coefficient (Wildman–Crippen LogP) is 5.74. The van der Waals surface area contributed by atoms with Gasteiger partial charge in [-0.1, -0.05) is 42.8 Å². The van der Waals surface area contributed by atoms with E-state index in [0.29, 0.717) is 16.7 Å². The fraction of sp³-hybridized carbons (Fsp3) is 0.280. The van der Waals surface area contributed by atoms with E-state index in [1.54, 1.807) is 0 Å². The van der Waals surface area contributed by atoms with Crippen molar-refractivity contribution in [3.05, 3.63) is 84.9 Å². The van der Waals surface area contributed by atoms with E-state index in [9.17, 15) is 8.42 Å². The molecule has 0 radical (unpaired) electrons. The number of fused-ring (bicyclic) bond motifs is 2. The van der Waals surface area contributed by atoms with Gasteiger partial charge in [-0.2, -0.15) is 0 Å². The summed E-state index contributed by atoms with van der Waals surface area (Å²) in [4.78, 5) is 4.11. The quantitative estimate of drug-likeness (QED) is 0.492. The molecule has 0 aromatic heterocycles. The zero-order chi connectivity index (χ0) is 19.8. The van der Waals surface area contributed by atoms with Gasteiger partial charge >= 0.3 is 0 Å². The summed E-state index contributed by atoms with van der Waals surface area (Å²) in [5.41, 5.74) is 0. The van der Waals surface area contributed by atoms with Gasteiger partial charge in [0, 0.05) is 0 Å². The molecule has 5 rings (SSSR count). The van der Waals surface area contributed by atoms with Crippen LogP contribution in [0.1, 0.15) is 25.7 Å². The molecule has 3 aromatic rings. The lowest BCUT2D eigenvalue weighted by Crippen LogP contribution is -2.27. The van der Waals surface area contributed by atoms with Gasteiger partial charge in [0.25, 0.3) is 0 Å². The first kappa shape index (κ1) is 19.0. The van der Waals surface area contributed by atoms with Crippen molar-refractivity contribution in [2.24, 2.45) is 11.8 Å². The van der Waals surface area contributed by atoms with E-state index in [1.807, 2.05) is 36.4 Å². The molecule has 2 saturated carbocycles. The van der Waals surface area contributed by atoms with Crippen molar-refractivity contribution in [1.29, 1.82) is 0 Å². The summed E-state index contributed by atoms with van der Waals surface area (Å²) in [5.74, 6) is 0.994. The van der Waals surface area contributed by atoms with E-state index >= 15 is 0 Å². The van der Waals surface area contributed by atoms with Crippen molar-refractivity contribution in [3.63, 3.8) is 0 Å². The first-order valence-corrected chi connectivity index (χ1v) is 13.1. The number of benzene rings is 3. The van der Waals surface area contributed by atoms with Gasteiger partial charge in [0.2, 0.25) is 0 Å². The van der Waals surface area contributed by atoms with Gasteiger partial charge < -0.3 is 0 Å². The Bertz CT molecular complexity index is 1040. The van der Waals surface area contributed by atoms with Crippen LogP contribution in [0.15, 0.2) is 105 Å². The van der Waals surface area contributed by atoms with E-state index in [0.717, 1.165) is 24.2 Å². The molecule has 0 N–H and O–H groups in total. The van der Waals surface area contributed by atoms with Gasteiger partial charge in [0.05, 0.1) is 21.0 Å². The summed E-state index contributed by atoms with van der Waals surface area (Å²) in [6, 6.07) is 28.6. The molecule has 2 fully saturated rings. The first-order chi connectivity index (χ1) is 14.1. The lowest BCUT2D eigenvalue weighted by atomic mass is 10.0. The van der Waals surface area contributed by atoms with Crippen molar-refractivity contribution in [3.8, 4) is 0 Å². The smallest absolute Gasteiger partial charge is 0.181 e. The molecular formula is C25H25O2S2+. The molecule has 148 valence electrons. The standard InChI is InChI=1S/C25H25O2S2/c26-29(27,25-18-19-11-12-20(25)17-19)24-15-13-23(14-16-24)28(21-7-3-1-4-8-21)22-9-5-2-6-10-22/h1-10,13-16,19-20,25H,11-12,17-18H2/q+1. The highest BCUT2D eigenvalue weighted by atomic mass is 32.2. The molecule has 2 bridgehead atoms. The van der Waals surface area contributed by atoms with Crippen molar-refractivity contribution in [1.82, 2.24) is 0 Å². The molecule has 2 nitrogen and oxygen atoms in total. The Morgan fingerprint density at radius 1 is 0.655 bits per heavy atom. The summed E-state index contributed by atoms with van der Waals surface area (Å²) in [7, 11) is -3.49. The minimum Gasteiger partial charge on any atom is -0.223 e. The maximum absolute atomic E-state index is 13.2. The third-order valence-electron chi connectivity index (χ3n) is 6.42. The van der Waals surface area contributed by atoms with E-state index in [2.05, 4.69) is 48.5 Å². The molecule has 0 saturated heterocycles. The summed E-state index contributed by atoms with van der Waals surface area (Å²) >= 11 is 0. The lowest BCUT2D eigenvalue weighted by molar-refractivity contribution is 0.465. The highest BCUT2D eigenvalue weighted by molar-refractivity contribution is 7.97. The van der Waals surface area contributed by atoms with Gasteiger partial charge in [-0.25, -0.2) is 8.42 Å². The van der Waals surface area contributed by atoms with Crippen LogP contribution in [-0.4, -0.2) is 13.7 Å². The summed E-state index contributed by atoms with van der Waals surface area (Å²) in [6.45, 7) is 0. The first-order valence-electron chi connectivity index (χ1n) is 10.3. The summed E-state index contributed by atoms with van der Waals surface area (Å²) in [5, 5.41) is -0.173. The minimum absolute atomic E-state index is 0.173. The molecule has 2 aliphatic carbocycles. The monoisotopic (exact) mass is 421 g/mol. The fourth-order valence-electron chi connectivity index (χ4n) is 5.03. The largest absolute Gasteiger partial charge is 0.223 e. The highest BCUT2D eigenvalue weighted by Crippen LogP contribution is 2.48. The molecule has 0 amide bonds. The molecule has 29 heavy (non-hydrogen) atoms. The Balaban J connectivity index is 1.49. The van der Waals surface area contributed by atoms with Crippen molar-refractivity contribution >= 4 is 20.7 Å². The second-order valence-corrected chi connectivity index (χ2v) is 12.4. The topological polar surface area (TPSA) is 34.1 Å².